The van der Waals surface area contributed by atoms with Gasteiger partial charge in [0.05, 0.1) is 12.7 Å². The number of hydrogen-bond donors (Lipinski definition) is 0. The highest BCUT2D eigenvalue weighted by Crippen LogP contribution is 2.23. The first kappa shape index (κ1) is 18.5. The Hall–Kier alpha value is -2.31. The van der Waals surface area contributed by atoms with Crippen LogP contribution in [0.2, 0.25) is 5.02 Å². The molecule has 3 aromatic rings. The third-order valence-corrected chi connectivity index (χ3v) is 5.08. The number of nitrogens with zero attached hydrogens (tertiary/aromatic N) is 3. The molecule has 0 fully saturated rings. The number of hydrogen-bond acceptors (Lipinski definition) is 3. The summed E-state index contributed by atoms with van der Waals surface area (Å²) in [7, 11) is 1.52. The van der Waals surface area contributed by atoms with E-state index in [2.05, 4.69) is 9.56 Å². The zero-order valence-electron chi connectivity index (χ0n) is 14.7. The molecule has 0 bridgehead atoms. The van der Waals surface area contributed by atoms with Gasteiger partial charge in [0.2, 0.25) is 0 Å². The predicted octanol–water partition coefficient (Wildman–Crippen LogP) is 4.15. The molecule has 1 amide bonds. The Balaban J connectivity index is 1.82. The molecule has 0 aliphatic rings. The molecule has 0 aliphatic heterocycles. The molecule has 7 heteroatoms. The molecule has 1 aromatic carbocycles. The maximum absolute atomic E-state index is 12.7. The van der Waals surface area contributed by atoms with Gasteiger partial charge in [0.25, 0.3) is 5.91 Å². The number of aromatic nitrogens is 2. The van der Waals surface area contributed by atoms with Gasteiger partial charge in [-0.25, -0.2) is 0 Å². The van der Waals surface area contributed by atoms with Crippen molar-refractivity contribution >= 4 is 28.8 Å². The average molecular weight is 390 g/mol. The van der Waals surface area contributed by atoms with Crippen LogP contribution in [-0.2, 0) is 13.1 Å². The second-order valence-corrected chi connectivity index (χ2v) is 7.50. The largest absolute Gasteiger partial charge is 0.496 e. The van der Waals surface area contributed by atoms with Gasteiger partial charge in [-0.1, -0.05) is 11.6 Å². The number of thiazole rings is 1. The number of rotatable bonds is 6. The Morgan fingerprint density at radius 1 is 1.27 bits per heavy atom. The van der Waals surface area contributed by atoms with Gasteiger partial charge in [0.15, 0.2) is 4.80 Å². The van der Waals surface area contributed by atoms with Crippen LogP contribution in [0, 0.1) is 6.92 Å². The Bertz CT molecular complexity index is 958. The van der Waals surface area contributed by atoms with Gasteiger partial charge in [-0.15, -0.1) is 11.3 Å². The summed E-state index contributed by atoms with van der Waals surface area (Å²) in [6.07, 6.45) is 7.07. The normalized spacial score (nSPS) is 11.7. The Morgan fingerprint density at radius 2 is 2.04 bits per heavy atom. The monoisotopic (exact) mass is 389 g/mol. The lowest BCUT2D eigenvalue weighted by molar-refractivity contribution is 0.0995. The highest BCUT2D eigenvalue weighted by molar-refractivity contribution is 7.09. The zero-order valence-corrected chi connectivity index (χ0v) is 16.3. The maximum atomic E-state index is 12.7. The van der Waals surface area contributed by atoms with E-state index in [0.29, 0.717) is 21.1 Å². The van der Waals surface area contributed by atoms with Gasteiger partial charge in [-0.3, -0.25) is 4.79 Å². The van der Waals surface area contributed by atoms with Gasteiger partial charge in [-0.05, 0) is 43.7 Å². The summed E-state index contributed by atoms with van der Waals surface area (Å²) in [5, 5.41) is 0.478. The molecule has 0 N–H and O–H groups in total. The summed E-state index contributed by atoms with van der Waals surface area (Å²) < 4.78 is 9.42. The summed E-state index contributed by atoms with van der Waals surface area (Å²) in [4.78, 5) is 18.8. The van der Waals surface area contributed by atoms with Crippen molar-refractivity contribution in [2.75, 3.05) is 7.11 Å². The lowest BCUT2D eigenvalue weighted by Crippen LogP contribution is -2.17. The lowest BCUT2D eigenvalue weighted by atomic mass is 10.2. The third-order valence-electron chi connectivity index (χ3n) is 3.91. The van der Waals surface area contributed by atoms with Crippen molar-refractivity contribution < 1.29 is 9.53 Å². The first-order valence-corrected chi connectivity index (χ1v) is 9.46. The van der Waals surface area contributed by atoms with Gasteiger partial charge >= 0.3 is 0 Å². The van der Waals surface area contributed by atoms with E-state index < -0.39 is 0 Å². The number of methoxy groups -OCH3 is 1. The summed E-state index contributed by atoms with van der Waals surface area (Å²) in [6, 6.07) is 8.98. The first-order chi connectivity index (χ1) is 12.6. The highest BCUT2D eigenvalue weighted by Gasteiger charge is 2.13. The third kappa shape index (κ3) is 4.45. The van der Waals surface area contributed by atoms with Crippen LogP contribution in [0.15, 0.2) is 53.9 Å². The molecule has 0 unspecified atom stereocenters. The molecule has 0 spiro atoms. The highest BCUT2D eigenvalue weighted by atomic mass is 35.5. The number of carbonyl (C=O) groups excluding carboxylic acids is 1. The lowest BCUT2D eigenvalue weighted by Gasteiger charge is -2.06. The van der Waals surface area contributed by atoms with Crippen LogP contribution < -0.4 is 9.54 Å². The number of amides is 1. The van der Waals surface area contributed by atoms with Crippen LogP contribution in [0.1, 0.15) is 21.7 Å². The van der Waals surface area contributed by atoms with E-state index in [-0.39, 0.29) is 5.91 Å². The molecule has 26 heavy (non-hydrogen) atoms. The van der Waals surface area contributed by atoms with E-state index in [0.717, 1.165) is 24.4 Å². The van der Waals surface area contributed by atoms with Gasteiger partial charge in [-0.2, -0.15) is 4.99 Å². The Morgan fingerprint density at radius 3 is 2.77 bits per heavy atom. The van der Waals surface area contributed by atoms with Crippen LogP contribution in [0.3, 0.4) is 0 Å². The molecular weight excluding hydrogens is 370 g/mol. The van der Waals surface area contributed by atoms with Crippen molar-refractivity contribution in [3.63, 3.8) is 0 Å². The number of halogens is 1. The molecule has 0 saturated carbocycles. The summed E-state index contributed by atoms with van der Waals surface area (Å²) >= 11 is 7.52. The van der Waals surface area contributed by atoms with Crippen molar-refractivity contribution in [1.29, 1.82) is 0 Å². The van der Waals surface area contributed by atoms with Gasteiger partial charge in [0.1, 0.15) is 5.75 Å². The van der Waals surface area contributed by atoms with Gasteiger partial charge < -0.3 is 13.9 Å². The van der Waals surface area contributed by atoms with Crippen molar-refractivity contribution in [3.8, 4) is 5.75 Å². The second-order valence-electron chi connectivity index (χ2n) is 5.85. The van der Waals surface area contributed by atoms with E-state index in [9.17, 15) is 4.79 Å². The first-order valence-electron chi connectivity index (χ1n) is 8.27. The van der Waals surface area contributed by atoms with Crippen molar-refractivity contribution in [2.24, 2.45) is 4.99 Å². The fraction of sp³-hybridized carbons (Fsp3) is 0.263. The number of benzene rings is 1. The fourth-order valence-electron chi connectivity index (χ4n) is 2.69. The molecule has 136 valence electrons. The topological polar surface area (TPSA) is 48.5 Å². The van der Waals surface area contributed by atoms with E-state index in [1.165, 1.54) is 18.4 Å². The average Bonchev–Trinajstić information content (AvgIpc) is 3.25. The molecule has 3 rings (SSSR count). The number of ether oxygens (including phenoxy) is 1. The van der Waals surface area contributed by atoms with Crippen molar-refractivity contribution in [2.45, 2.75) is 26.4 Å². The predicted molar refractivity (Wildman–Crippen MR) is 104 cm³/mol. The molecule has 5 nitrogen and oxygen atoms in total. The summed E-state index contributed by atoms with van der Waals surface area (Å²) in [6.45, 7) is 3.72. The molecular formula is C19H20ClN3O2S. The zero-order chi connectivity index (χ0) is 18.5. The second kappa shape index (κ2) is 8.38. The van der Waals surface area contributed by atoms with Gasteiger partial charge in [0, 0.05) is 41.6 Å². The molecule has 2 heterocycles. The van der Waals surface area contributed by atoms with Crippen molar-refractivity contribution in [1.82, 2.24) is 9.13 Å². The van der Waals surface area contributed by atoms with E-state index in [1.807, 2.05) is 42.2 Å². The molecule has 2 aromatic heterocycles. The van der Waals surface area contributed by atoms with E-state index >= 15 is 0 Å². The SMILES string of the molecule is COc1ccc(Cl)cc1C(=O)N=c1sc(C)cn1CCCn1cccc1. The maximum Gasteiger partial charge on any atom is 0.283 e. The van der Waals surface area contributed by atoms with E-state index in [1.54, 1.807) is 18.2 Å². The number of aryl methyl sites for hydroxylation is 3. The number of carbonyl (C=O) groups is 1. The van der Waals surface area contributed by atoms with Crippen LogP contribution in [0.25, 0.3) is 0 Å². The van der Waals surface area contributed by atoms with Crippen LogP contribution in [0.4, 0.5) is 0 Å². The summed E-state index contributed by atoms with van der Waals surface area (Å²) in [5.41, 5.74) is 0.366. The summed E-state index contributed by atoms with van der Waals surface area (Å²) in [5.74, 6) is 0.112. The van der Waals surface area contributed by atoms with Crippen LogP contribution in [0.5, 0.6) is 5.75 Å². The Labute approximate surface area is 161 Å². The fourth-order valence-corrected chi connectivity index (χ4v) is 3.72. The molecule has 0 aliphatic carbocycles. The smallest absolute Gasteiger partial charge is 0.283 e. The minimum Gasteiger partial charge on any atom is -0.496 e. The Kier molecular flexibility index (Phi) is 5.96. The molecule has 0 radical (unpaired) electrons. The van der Waals surface area contributed by atoms with Crippen molar-refractivity contribution in [3.05, 3.63) is 69.2 Å². The van der Waals surface area contributed by atoms with Crippen LogP contribution >= 0.6 is 22.9 Å². The quantitative estimate of drug-likeness (QED) is 0.635. The molecule has 0 atom stereocenters. The van der Waals surface area contributed by atoms with E-state index in [4.69, 9.17) is 16.3 Å². The minimum atomic E-state index is -0.356. The minimum absolute atomic E-state index is 0.356. The standard InChI is InChI=1S/C19H20ClN3O2S/c1-14-13-23(11-5-10-22-8-3-4-9-22)19(26-14)21-18(24)16-12-15(20)6-7-17(16)25-2/h3-4,6-9,12-13H,5,10-11H2,1-2H3. The molecule has 0 saturated heterocycles. The van der Waals surface area contributed by atoms with Crippen LogP contribution in [-0.4, -0.2) is 22.2 Å².